The summed E-state index contributed by atoms with van der Waals surface area (Å²) in [5, 5.41) is 20.9. The first-order chi connectivity index (χ1) is 14.7. The van der Waals surface area contributed by atoms with Gasteiger partial charge in [0.15, 0.2) is 0 Å². The Morgan fingerprint density at radius 1 is 1.23 bits per heavy atom. The normalized spacial score (nSPS) is 25.8. The number of aliphatic hydroxyl groups is 2. The van der Waals surface area contributed by atoms with Crippen LogP contribution in [-0.2, 0) is 20.6 Å². The number of nitrogens with two attached hydrogens (primary N) is 1. The van der Waals surface area contributed by atoms with Gasteiger partial charge in [0.1, 0.15) is 0 Å². The number of benzene rings is 1. The number of rotatable bonds is 13. The van der Waals surface area contributed by atoms with Crippen molar-refractivity contribution in [2.75, 3.05) is 19.8 Å². The van der Waals surface area contributed by atoms with Gasteiger partial charge in [-0.15, -0.1) is 4.83 Å². The van der Waals surface area contributed by atoms with Crippen LogP contribution >= 0.6 is 7.52 Å². The van der Waals surface area contributed by atoms with Crippen LogP contribution in [0.4, 0.5) is 0 Å². The SMILES string of the molecule is CON(C[C@H]1C(CC=CCCCC(N)=O)[C@H](O)C[C@@H]1O)P(=O)(O)CCc1ccccc1. The van der Waals surface area contributed by atoms with E-state index >= 15 is 0 Å². The van der Waals surface area contributed by atoms with E-state index in [1.807, 2.05) is 42.5 Å². The maximum absolute atomic E-state index is 12.9. The number of carbonyl (C=O) groups is 1. The molecule has 1 amide bonds. The van der Waals surface area contributed by atoms with Crippen LogP contribution in [0.5, 0.6) is 0 Å². The molecule has 9 heteroatoms. The molecule has 1 aliphatic carbocycles. The minimum absolute atomic E-state index is 0.0284. The van der Waals surface area contributed by atoms with Crippen LogP contribution in [0.15, 0.2) is 42.5 Å². The van der Waals surface area contributed by atoms with Crippen LogP contribution in [-0.4, -0.2) is 57.9 Å². The molecule has 2 unspecified atom stereocenters. The van der Waals surface area contributed by atoms with Gasteiger partial charge in [-0.1, -0.05) is 42.5 Å². The number of nitrogens with zero attached hydrogens (tertiary/aromatic N) is 1. The molecule has 2 rings (SSSR count). The average molecular weight is 455 g/mol. The van der Waals surface area contributed by atoms with E-state index in [1.54, 1.807) is 0 Å². The summed E-state index contributed by atoms with van der Waals surface area (Å²) in [7, 11) is -2.44. The van der Waals surface area contributed by atoms with Crippen LogP contribution in [0, 0.1) is 11.8 Å². The van der Waals surface area contributed by atoms with Gasteiger partial charge in [-0.05, 0) is 43.6 Å². The number of primary amides is 1. The van der Waals surface area contributed by atoms with Crippen molar-refractivity contribution in [1.29, 1.82) is 0 Å². The summed E-state index contributed by atoms with van der Waals surface area (Å²) in [6.45, 7) is 0.0531. The summed E-state index contributed by atoms with van der Waals surface area (Å²) < 4.78 is 12.9. The molecule has 1 fully saturated rings. The lowest BCUT2D eigenvalue weighted by Crippen LogP contribution is -2.34. The quantitative estimate of drug-likeness (QED) is 0.155. The Kier molecular flexibility index (Phi) is 10.4. The molecule has 8 nitrogen and oxygen atoms in total. The molecule has 0 aromatic heterocycles. The fraction of sp³-hybridized carbons (Fsp3) is 0.591. The first-order valence-electron chi connectivity index (χ1n) is 10.7. The number of unbranched alkanes of at least 4 members (excludes halogenated alkanes) is 1. The molecule has 1 aromatic rings. The van der Waals surface area contributed by atoms with Gasteiger partial charge in [0, 0.05) is 25.0 Å². The molecule has 0 aliphatic heterocycles. The predicted octanol–water partition coefficient (Wildman–Crippen LogP) is 2.24. The van der Waals surface area contributed by atoms with Gasteiger partial charge >= 0.3 is 0 Å². The van der Waals surface area contributed by atoms with E-state index < -0.39 is 25.6 Å². The second-order valence-corrected chi connectivity index (χ2v) is 10.3. The number of allylic oxidation sites excluding steroid dienone is 2. The summed E-state index contributed by atoms with van der Waals surface area (Å²) in [4.78, 5) is 27.7. The largest absolute Gasteiger partial charge is 0.393 e. The van der Waals surface area contributed by atoms with Gasteiger partial charge in [-0.2, -0.15) is 0 Å². The Morgan fingerprint density at radius 2 is 1.90 bits per heavy atom. The van der Waals surface area contributed by atoms with Gasteiger partial charge in [0.25, 0.3) is 7.52 Å². The number of carbonyl (C=O) groups excluding carboxylic acids is 1. The molecule has 1 saturated carbocycles. The molecule has 31 heavy (non-hydrogen) atoms. The highest BCUT2D eigenvalue weighted by atomic mass is 31.2. The Morgan fingerprint density at radius 3 is 2.55 bits per heavy atom. The first kappa shape index (κ1) is 25.7. The Bertz CT molecular complexity index is 760. The van der Waals surface area contributed by atoms with Crippen LogP contribution in [0.3, 0.4) is 0 Å². The van der Waals surface area contributed by atoms with Crippen molar-refractivity contribution in [2.45, 2.75) is 50.7 Å². The number of hydrogen-bond donors (Lipinski definition) is 4. The average Bonchev–Trinajstić information content (AvgIpc) is 3.00. The molecule has 0 bridgehead atoms. The molecule has 174 valence electrons. The minimum Gasteiger partial charge on any atom is -0.393 e. The van der Waals surface area contributed by atoms with Crippen molar-refractivity contribution in [3.8, 4) is 0 Å². The van der Waals surface area contributed by atoms with Crippen molar-refractivity contribution in [3.63, 3.8) is 0 Å². The molecule has 1 aromatic carbocycles. The molecule has 5 N–H and O–H groups in total. The third-order valence-electron chi connectivity index (χ3n) is 5.85. The number of amides is 1. The zero-order valence-corrected chi connectivity index (χ0v) is 18.9. The highest BCUT2D eigenvalue weighted by Gasteiger charge is 2.44. The Balaban J connectivity index is 1.95. The topological polar surface area (TPSA) is 133 Å². The zero-order chi connectivity index (χ0) is 22.9. The standard InChI is InChI=1S/C22H35N2O6P/c1-30-24(31(28,29)14-13-17-9-5-4-6-10-17)16-19-18(20(25)15-21(19)26)11-7-2-3-8-12-22(23)27/h2,4-7,9-10,18-21,25-26H,3,8,11-16H2,1H3,(H2,23,27)(H,28,29)/t18?,19-,20+,21-/m0/s1. The maximum atomic E-state index is 12.9. The monoisotopic (exact) mass is 454 g/mol. The summed E-state index contributed by atoms with van der Waals surface area (Å²) in [6, 6.07) is 9.46. The van der Waals surface area contributed by atoms with Crippen molar-refractivity contribution in [3.05, 3.63) is 48.0 Å². The van der Waals surface area contributed by atoms with Gasteiger partial charge < -0.3 is 20.8 Å². The molecule has 1 aliphatic rings. The van der Waals surface area contributed by atoms with Crippen LogP contribution in [0.2, 0.25) is 0 Å². The van der Waals surface area contributed by atoms with Crippen LogP contribution < -0.4 is 5.73 Å². The number of aryl methyl sites for hydroxylation is 1. The summed E-state index contributed by atoms with van der Waals surface area (Å²) in [5.74, 6) is -0.986. The minimum atomic E-state index is -3.79. The van der Waals surface area contributed by atoms with Gasteiger partial charge in [-0.3, -0.25) is 14.2 Å². The summed E-state index contributed by atoms with van der Waals surface area (Å²) in [5.41, 5.74) is 6.09. The molecule has 0 saturated heterocycles. The molecular formula is C22H35N2O6P. The lowest BCUT2D eigenvalue weighted by Gasteiger charge is -2.31. The van der Waals surface area contributed by atoms with E-state index in [1.165, 1.54) is 7.11 Å². The van der Waals surface area contributed by atoms with Gasteiger partial charge in [0.05, 0.1) is 19.3 Å². The van der Waals surface area contributed by atoms with E-state index in [0.717, 1.165) is 10.4 Å². The van der Waals surface area contributed by atoms with E-state index in [2.05, 4.69) is 0 Å². The fourth-order valence-electron chi connectivity index (χ4n) is 4.06. The number of hydrogen-bond acceptors (Lipinski definition) is 5. The van der Waals surface area contributed by atoms with Crippen LogP contribution in [0.25, 0.3) is 0 Å². The smallest absolute Gasteiger partial charge is 0.292 e. The van der Waals surface area contributed by atoms with Crippen molar-refractivity contribution < 1.29 is 29.3 Å². The predicted molar refractivity (Wildman–Crippen MR) is 119 cm³/mol. The van der Waals surface area contributed by atoms with Gasteiger partial charge in [-0.25, -0.2) is 0 Å². The lowest BCUT2D eigenvalue weighted by atomic mass is 9.90. The van der Waals surface area contributed by atoms with Crippen molar-refractivity contribution >= 4 is 13.4 Å². The molecule has 0 spiro atoms. The van der Waals surface area contributed by atoms with E-state index in [4.69, 9.17) is 10.6 Å². The first-order valence-corrected chi connectivity index (χ1v) is 12.5. The zero-order valence-electron chi connectivity index (χ0n) is 18.0. The summed E-state index contributed by atoms with van der Waals surface area (Å²) in [6.07, 6.45) is 5.28. The summed E-state index contributed by atoms with van der Waals surface area (Å²) >= 11 is 0. The second kappa shape index (κ2) is 12.5. The van der Waals surface area contributed by atoms with E-state index in [0.29, 0.717) is 32.1 Å². The van der Waals surface area contributed by atoms with Crippen LogP contribution in [0.1, 0.15) is 37.7 Å². The van der Waals surface area contributed by atoms with E-state index in [9.17, 15) is 24.5 Å². The van der Waals surface area contributed by atoms with Crippen molar-refractivity contribution in [1.82, 2.24) is 4.83 Å². The maximum Gasteiger partial charge on any atom is 0.292 e. The fourth-order valence-corrected chi connectivity index (χ4v) is 5.53. The second-order valence-electron chi connectivity index (χ2n) is 8.10. The van der Waals surface area contributed by atoms with E-state index in [-0.39, 0.29) is 31.0 Å². The van der Waals surface area contributed by atoms with Crippen molar-refractivity contribution in [2.24, 2.45) is 17.6 Å². The molecule has 5 atom stereocenters. The molecule has 0 heterocycles. The Hall–Kier alpha value is -1.54. The highest BCUT2D eigenvalue weighted by Crippen LogP contribution is 2.48. The Labute approximate surface area is 184 Å². The molecule has 0 radical (unpaired) electrons. The number of hydroxylamine groups is 1. The third kappa shape index (κ3) is 8.15. The van der Waals surface area contributed by atoms with Gasteiger partial charge in [0.2, 0.25) is 5.91 Å². The lowest BCUT2D eigenvalue weighted by molar-refractivity contribution is -0.118. The highest BCUT2D eigenvalue weighted by molar-refractivity contribution is 7.55. The third-order valence-corrected chi connectivity index (χ3v) is 7.68. The number of aliphatic hydroxyl groups excluding tert-OH is 2. The molecular weight excluding hydrogens is 419 g/mol.